The van der Waals surface area contributed by atoms with Gasteiger partial charge < -0.3 is 14.6 Å². The number of sulfonamides is 1. The molecular weight excluding hydrogens is 490 g/mol. The fourth-order valence-electron chi connectivity index (χ4n) is 4.00. The first-order chi connectivity index (χ1) is 17.2. The van der Waals surface area contributed by atoms with Gasteiger partial charge in [-0.3, -0.25) is 14.3 Å². The van der Waals surface area contributed by atoms with Crippen molar-refractivity contribution in [3.8, 4) is 16.9 Å². The maximum Gasteiger partial charge on any atom is 0.255 e. The number of aromatic amines is 1. The number of rotatable bonds is 7. The van der Waals surface area contributed by atoms with Crippen LogP contribution in [-0.4, -0.2) is 51.7 Å². The number of benzene rings is 2. The molecule has 0 aliphatic heterocycles. The summed E-state index contributed by atoms with van der Waals surface area (Å²) in [4.78, 5) is 29.6. The summed E-state index contributed by atoms with van der Waals surface area (Å²) in [7, 11) is 1.24. The molecular formula is C28H33N3O5S. The standard InChI is InChI=1S/C28H33N3O5S/c1-28(2,3)23-17-19(20-11-9-15-29-26(20)32)16-18(25(23)36-6)13-14-21-22(27(33)31(4)5)10-8-12-24(21)30-37(7,34)35/h8-17,30H,1-7H3,(H,29,32)/b14-13+. The molecule has 9 heteroatoms. The van der Waals surface area contributed by atoms with E-state index in [0.29, 0.717) is 33.6 Å². The predicted octanol–water partition coefficient (Wildman–Crippen LogP) is 4.59. The summed E-state index contributed by atoms with van der Waals surface area (Å²) in [6.07, 6.45) is 6.09. The van der Waals surface area contributed by atoms with Gasteiger partial charge in [0.05, 0.1) is 19.1 Å². The molecule has 37 heavy (non-hydrogen) atoms. The van der Waals surface area contributed by atoms with Gasteiger partial charge >= 0.3 is 0 Å². The summed E-state index contributed by atoms with van der Waals surface area (Å²) in [5.41, 5.74) is 3.27. The van der Waals surface area contributed by atoms with Crippen molar-refractivity contribution in [2.75, 3.05) is 32.2 Å². The molecule has 1 amide bonds. The number of carbonyl (C=O) groups excluding carboxylic acids is 1. The van der Waals surface area contributed by atoms with Crippen LogP contribution in [0.1, 0.15) is 47.8 Å². The molecule has 3 rings (SSSR count). The number of methoxy groups -OCH3 is 1. The quantitative estimate of drug-likeness (QED) is 0.440. The Morgan fingerprint density at radius 2 is 1.78 bits per heavy atom. The maximum absolute atomic E-state index is 12.9. The smallest absolute Gasteiger partial charge is 0.255 e. The van der Waals surface area contributed by atoms with E-state index in [9.17, 15) is 18.0 Å². The van der Waals surface area contributed by atoms with E-state index in [1.807, 2.05) is 12.1 Å². The number of hydrogen-bond donors (Lipinski definition) is 2. The van der Waals surface area contributed by atoms with Gasteiger partial charge in [-0.1, -0.05) is 39.0 Å². The lowest BCUT2D eigenvalue weighted by Gasteiger charge is -2.24. The Kier molecular flexibility index (Phi) is 7.97. The van der Waals surface area contributed by atoms with Gasteiger partial charge in [-0.05, 0) is 47.4 Å². The molecule has 0 fully saturated rings. The molecule has 0 saturated carbocycles. The third-order valence-electron chi connectivity index (χ3n) is 5.73. The van der Waals surface area contributed by atoms with Crippen molar-refractivity contribution in [3.63, 3.8) is 0 Å². The minimum absolute atomic E-state index is 0.219. The number of aromatic nitrogens is 1. The monoisotopic (exact) mass is 523 g/mol. The molecule has 8 nitrogen and oxygen atoms in total. The molecule has 0 atom stereocenters. The molecule has 196 valence electrons. The molecule has 0 unspecified atom stereocenters. The van der Waals surface area contributed by atoms with Gasteiger partial charge in [0, 0.05) is 48.1 Å². The van der Waals surface area contributed by atoms with Crippen LogP contribution in [0.15, 0.2) is 53.5 Å². The van der Waals surface area contributed by atoms with Gasteiger partial charge in [-0.15, -0.1) is 0 Å². The summed E-state index contributed by atoms with van der Waals surface area (Å²) in [5.74, 6) is 0.345. The lowest BCUT2D eigenvalue weighted by atomic mass is 9.83. The topological polar surface area (TPSA) is 109 Å². The molecule has 2 N–H and O–H groups in total. The van der Waals surface area contributed by atoms with E-state index >= 15 is 0 Å². The number of amides is 1. The van der Waals surface area contributed by atoms with Gasteiger partial charge in [0.1, 0.15) is 5.75 Å². The zero-order chi connectivity index (χ0) is 27.5. The van der Waals surface area contributed by atoms with Crippen molar-refractivity contribution in [2.24, 2.45) is 0 Å². The zero-order valence-electron chi connectivity index (χ0n) is 22.2. The summed E-state index contributed by atoms with van der Waals surface area (Å²) in [6, 6.07) is 12.2. The normalized spacial score (nSPS) is 12.0. The number of nitrogens with zero attached hydrogens (tertiary/aromatic N) is 1. The molecule has 0 aliphatic carbocycles. The molecule has 1 heterocycles. The van der Waals surface area contributed by atoms with Crippen LogP contribution in [0.4, 0.5) is 5.69 Å². The lowest BCUT2D eigenvalue weighted by molar-refractivity contribution is 0.0827. The summed E-state index contributed by atoms with van der Waals surface area (Å²) < 4.78 is 32.4. The molecule has 0 radical (unpaired) electrons. The number of carbonyl (C=O) groups is 1. The number of hydrogen-bond acceptors (Lipinski definition) is 5. The van der Waals surface area contributed by atoms with Crippen molar-refractivity contribution >= 4 is 33.8 Å². The first kappa shape index (κ1) is 27.7. The highest BCUT2D eigenvalue weighted by molar-refractivity contribution is 7.92. The van der Waals surface area contributed by atoms with Gasteiger partial charge in [0.2, 0.25) is 10.0 Å². The number of ether oxygens (including phenoxy) is 1. The van der Waals surface area contributed by atoms with Crippen molar-refractivity contribution < 1.29 is 17.9 Å². The van der Waals surface area contributed by atoms with Crippen LogP contribution >= 0.6 is 0 Å². The minimum atomic E-state index is -3.60. The number of pyridine rings is 1. The van der Waals surface area contributed by atoms with Gasteiger partial charge in [-0.25, -0.2) is 8.42 Å². The zero-order valence-corrected chi connectivity index (χ0v) is 23.0. The van der Waals surface area contributed by atoms with E-state index in [-0.39, 0.29) is 22.6 Å². The average molecular weight is 524 g/mol. The Hall–Kier alpha value is -3.85. The van der Waals surface area contributed by atoms with Crippen LogP contribution < -0.4 is 15.0 Å². The van der Waals surface area contributed by atoms with E-state index in [0.717, 1.165) is 11.8 Å². The van der Waals surface area contributed by atoms with E-state index in [4.69, 9.17) is 4.74 Å². The number of H-pyrrole nitrogens is 1. The predicted molar refractivity (Wildman–Crippen MR) is 150 cm³/mol. The number of nitrogens with one attached hydrogen (secondary N) is 2. The van der Waals surface area contributed by atoms with Crippen molar-refractivity contribution in [3.05, 3.63) is 81.3 Å². The molecule has 0 aliphatic rings. The molecule has 2 aromatic carbocycles. The fourth-order valence-corrected chi connectivity index (χ4v) is 4.58. The second-order valence-electron chi connectivity index (χ2n) is 9.98. The van der Waals surface area contributed by atoms with E-state index in [1.165, 1.54) is 4.90 Å². The Labute approximate surface area is 218 Å². The van der Waals surface area contributed by atoms with Crippen LogP contribution in [0.25, 0.3) is 23.3 Å². The van der Waals surface area contributed by atoms with Crippen molar-refractivity contribution in [2.45, 2.75) is 26.2 Å². The fraction of sp³-hybridized carbons (Fsp3) is 0.286. The Bertz CT molecular complexity index is 1510. The highest BCUT2D eigenvalue weighted by Gasteiger charge is 2.23. The maximum atomic E-state index is 12.9. The highest BCUT2D eigenvalue weighted by Crippen LogP contribution is 2.38. The third-order valence-corrected chi connectivity index (χ3v) is 6.32. The molecule has 0 spiro atoms. The molecule has 0 bridgehead atoms. The van der Waals surface area contributed by atoms with E-state index in [1.54, 1.807) is 69.9 Å². The minimum Gasteiger partial charge on any atom is -0.496 e. The van der Waals surface area contributed by atoms with Crippen LogP contribution in [0.2, 0.25) is 0 Å². The number of anilines is 1. The van der Waals surface area contributed by atoms with Gasteiger partial charge in [-0.2, -0.15) is 0 Å². The van der Waals surface area contributed by atoms with Crippen LogP contribution in [-0.2, 0) is 15.4 Å². The summed E-state index contributed by atoms with van der Waals surface area (Å²) in [5, 5.41) is 0. The Morgan fingerprint density at radius 3 is 2.35 bits per heavy atom. The van der Waals surface area contributed by atoms with Gasteiger partial charge in [0.25, 0.3) is 11.5 Å². The largest absolute Gasteiger partial charge is 0.496 e. The van der Waals surface area contributed by atoms with Crippen molar-refractivity contribution in [1.82, 2.24) is 9.88 Å². The Balaban J connectivity index is 2.31. The third kappa shape index (κ3) is 6.48. The average Bonchev–Trinajstić information content (AvgIpc) is 2.80. The Morgan fingerprint density at radius 1 is 1.08 bits per heavy atom. The molecule has 3 aromatic rings. The second kappa shape index (κ2) is 10.6. The molecule has 0 saturated heterocycles. The van der Waals surface area contributed by atoms with Crippen LogP contribution in [0.3, 0.4) is 0 Å². The van der Waals surface area contributed by atoms with Crippen molar-refractivity contribution in [1.29, 1.82) is 0 Å². The summed E-state index contributed by atoms with van der Waals surface area (Å²) in [6.45, 7) is 6.16. The lowest BCUT2D eigenvalue weighted by Crippen LogP contribution is -2.23. The summed E-state index contributed by atoms with van der Waals surface area (Å²) >= 11 is 0. The SMILES string of the molecule is COc1c(/C=C/c2c(NS(C)(=O)=O)cccc2C(=O)N(C)C)cc(-c2ccc[nH]c2=O)cc1C(C)(C)C. The molecule has 1 aromatic heterocycles. The first-order valence-electron chi connectivity index (χ1n) is 11.6. The van der Waals surface area contributed by atoms with E-state index < -0.39 is 10.0 Å². The van der Waals surface area contributed by atoms with Crippen LogP contribution in [0.5, 0.6) is 5.75 Å². The van der Waals surface area contributed by atoms with E-state index in [2.05, 4.69) is 30.5 Å². The second-order valence-corrected chi connectivity index (χ2v) is 11.7. The van der Waals surface area contributed by atoms with Crippen LogP contribution in [0, 0.1) is 0 Å². The highest BCUT2D eigenvalue weighted by atomic mass is 32.2. The van der Waals surface area contributed by atoms with Gasteiger partial charge in [0.15, 0.2) is 0 Å². The first-order valence-corrected chi connectivity index (χ1v) is 13.5.